The highest BCUT2D eigenvalue weighted by Gasteiger charge is 2.11. The number of rotatable bonds is 5. The van der Waals surface area contributed by atoms with Gasteiger partial charge in [0.15, 0.2) is 10.2 Å². The van der Waals surface area contributed by atoms with Crippen LogP contribution in [0.4, 0.5) is 5.13 Å². The molecule has 2 aromatic carbocycles. The average Bonchev–Trinajstić information content (AvgIpc) is 3.39. The zero-order chi connectivity index (χ0) is 22.7. The molecule has 0 radical (unpaired) electrons. The Morgan fingerprint density at radius 2 is 2.06 bits per heavy atom. The summed E-state index contributed by atoms with van der Waals surface area (Å²) < 4.78 is 11.9. The first-order valence-corrected chi connectivity index (χ1v) is 11.2. The quantitative estimate of drug-likeness (QED) is 0.242. The molecule has 0 aliphatic carbocycles. The number of thiazole rings is 1. The van der Waals surface area contributed by atoms with Crippen molar-refractivity contribution in [1.29, 1.82) is 0 Å². The minimum absolute atomic E-state index is 0.136. The van der Waals surface area contributed by atoms with Gasteiger partial charge in [-0.25, -0.2) is 4.98 Å². The summed E-state index contributed by atoms with van der Waals surface area (Å²) in [4.78, 5) is 16.6. The van der Waals surface area contributed by atoms with Gasteiger partial charge in [0.1, 0.15) is 17.3 Å². The van der Waals surface area contributed by atoms with Gasteiger partial charge in [-0.3, -0.25) is 10.1 Å². The van der Waals surface area contributed by atoms with Crippen LogP contribution in [0.3, 0.4) is 0 Å². The third-order valence-electron chi connectivity index (χ3n) is 4.30. The Bertz CT molecular complexity index is 1350. The molecule has 32 heavy (non-hydrogen) atoms. The molecule has 0 aliphatic rings. The second-order valence-electron chi connectivity index (χ2n) is 6.43. The monoisotopic (exact) mass is 503 g/mol. The van der Waals surface area contributed by atoms with Crippen molar-refractivity contribution in [2.45, 2.75) is 0 Å². The molecule has 162 valence electrons. The summed E-state index contributed by atoms with van der Waals surface area (Å²) in [6.45, 7) is 0. The molecule has 2 N–H and O–H groups in total. The number of nitrogens with one attached hydrogen (secondary N) is 2. The van der Waals surface area contributed by atoms with E-state index in [1.807, 2.05) is 18.2 Å². The van der Waals surface area contributed by atoms with Crippen molar-refractivity contribution >= 4 is 79.2 Å². The Balaban J connectivity index is 1.37. The first kappa shape index (κ1) is 22.3. The van der Waals surface area contributed by atoms with Gasteiger partial charge in [0.25, 0.3) is 0 Å². The van der Waals surface area contributed by atoms with E-state index in [1.165, 1.54) is 23.5 Å². The van der Waals surface area contributed by atoms with Crippen LogP contribution in [0.1, 0.15) is 5.76 Å². The fourth-order valence-corrected chi connectivity index (χ4v) is 4.36. The number of halogens is 2. The van der Waals surface area contributed by atoms with Crippen molar-refractivity contribution in [3.05, 3.63) is 70.4 Å². The van der Waals surface area contributed by atoms with E-state index in [-0.39, 0.29) is 5.11 Å². The van der Waals surface area contributed by atoms with Gasteiger partial charge in [0, 0.05) is 11.6 Å². The van der Waals surface area contributed by atoms with Crippen molar-refractivity contribution in [2.24, 2.45) is 0 Å². The molecule has 2 heterocycles. The third kappa shape index (κ3) is 5.11. The van der Waals surface area contributed by atoms with E-state index in [0.29, 0.717) is 32.3 Å². The van der Waals surface area contributed by atoms with Gasteiger partial charge in [-0.1, -0.05) is 40.6 Å². The van der Waals surface area contributed by atoms with Crippen LogP contribution < -0.4 is 15.4 Å². The fourth-order valence-electron chi connectivity index (χ4n) is 2.81. The Kier molecular flexibility index (Phi) is 6.76. The third-order valence-corrected chi connectivity index (χ3v) is 6.25. The summed E-state index contributed by atoms with van der Waals surface area (Å²) >= 11 is 18.9. The van der Waals surface area contributed by atoms with Crippen LogP contribution in [0.15, 0.2) is 59.0 Å². The highest BCUT2D eigenvalue weighted by Crippen LogP contribution is 2.34. The van der Waals surface area contributed by atoms with Crippen LogP contribution in [-0.4, -0.2) is 23.1 Å². The number of hydrogen-bond donors (Lipinski definition) is 2. The topological polar surface area (TPSA) is 76.4 Å². The number of methoxy groups -OCH3 is 1. The van der Waals surface area contributed by atoms with Gasteiger partial charge in [0.05, 0.1) is 27.4 Å². The fraction of sp³-hybridized carbons (Fsp3) is 0.0455. The highest BCUT2D eigenvalue weighted by molar-refractivity contribution is 7.80. The number of amides is 1. The van der Waals surface area contributed by atoms with Crippen LogP contribution in [0.25, 0.3) is 27.6 Å². The van der Waals surface area contributed by atoms with E-state index in [2.05, 4.69) is 15.6 Å². The Labute approximate surface area is 202 Å². The van der Waals surface area contributed by atoms with Gasteiger partial charge < -0.3 is 14.5 Å². The normalized spacial score (nSPS) is 11.1. The molecule has 10 heteroatoms. The molecule has 0 spiro atoms. The lowest BCUT2D eigenvalue weighted by atomic mass is 10.2. The van der Waals surface area contributed by atoms with Crippen molar-refractivity contribution in [3.63, 3.8) is 0 Å². The lowest BCUT2D eigenvalue weighted by Gasteiger charge is -2.04. The maximum atomic E-state index is 12.2. The molecule has 0 bridgehead atoms. The molecule has 0 atom stereocenters. The molecule has 2 aromatic heterocycles. The van der Waals surface area contributed by atoms with Crippen LogP contribution in [-0.2, 0) is 4.79 Å². The Hall–Kier alpha value is -2.91. The van der Waals surface area contributed by atoms with Crippen LogP contribution in [0.5, 0.6) is 5.75 Å². The molecule has 0 unspecified atom stereocenters. The molecule has 0 saturated heterocycles. The summed E-state index contributed by atoms with van der Waals surface area (Å²) in [6, 6.07) is 14.3. The predicted octanol–water partition coefficient (Wildman–Crippen LogP) is 6.40. The first-order valence-electron chi connectivity index (χ1n) is 9.22. The van der Waals surface area contributed by atoms with E-state index in [1.54, 1.807) is 37.4 Å². The standard InChI is InChI=1S/C22H15Cl2N3O3S2/c1-29-13-5-8-16-18(11-13)32-22(25-16)27-21(31)26-19(28)10-7-12-6-9-17(30-12)14-3-2-4-15(23)20(14)24/h2-11H,1H3,(H2,25,26,27,28,31). The van der Waals surface area contributed by atoms with Crippen molar-refractivity contribution in [2.75, 3.05) is 12.4 Å². The summed E-state index contributed by atoms with van der Waals surface area (Å²) in [5.74, 6) is 1.35. The molecule has 0 fully saturated rings. The number of ether oxygens (including phenoxy) is 1. The summed E-state index contributed by atoms with van der Waals surface area (Å²) in [5.41, 5.74) is 1.47. The van der Waals surface area contributed by atoms with Gasteiger partial charge in [-0.15, -0.1) is 0 Å². The Morgan fingerprint density at radius 3 is 2.88 bits per heavy atom. The second-order valence-corrected chi connectivity index (χ2v) is 8.66. The number of benzene rings is 2. The van der Waals surface area contributed by atoms with Crippen LogP contribution in [0, 0.1) is 0 Å². The zero-order valence-electron chi connectivity index (χ0n) is 16.5. The number of nitrogens with zero attached hydrogens (tertiary/aromatic N) is 1. The average molecular weight is 504 g/mol. The van der Waals surface area contributed by atoms with Gasteiger partial charge in [-0.2, -0.15) is 0 Å². The molecule has 0 aliphatic heterocycles. The number of thiocarbonyl (C=S) groups is 1. The van der Waals surface area contributed by atoms with E-state index >= 15 is 0 Å². The van der Waals surface area contributed by atoms with Crippen molar-refractivity contribution in [1.82, 2.24) is 10.3 Å². The van der Waals surface area contributed by atoms with Crippen molar-refractivity contribution in [3.8, 4) is 17.1 Å². The maximum Gasteiger partial charge on any atom is 0.250 e. The molecule has 1 amide bonds. The van der Waals surface area contributed by atoms with E-state index in [4.69, 9.17) is 44.6 Å². The highest BCUT2D eigenvalue weighted by atomic mass is 35.5. The van der Waals surface area contributed by atoms with Crippen molar-refractivity contribution < 1.29 is 13.9 Å². The van der Waals surface area contributed by atoms with E-state index in [0.717, 1.165) is 16.0 Å². The number of carbonyl (C=O) groups excluding carboxylic acids is 1. The largest absolute Gasteiger partial charge is 0.497 e. The minimum atomic E-state index is -0.413. The SMILES string of the molecule is COc1ccc2nc(NC(=S)NC(=O)C=Cc3ccc(-c4cccc(Cl)c4Cl)o3)sc2c1. The summed E-state index contributed by atoms with van der Waals surface area (Å²) in [7, 11) is 1.61. The molecule has 4 aromatic rings. The van der Waals surface area contributed by atoms with E-state index < -0.39 is 5.91 Å². The number of hydrogen-bond acceptors (Lipinski definition) is 6. The van der Waals surface area contributed by atoms with Crippen LogP contribution >= 0.6 is 46.8 Å². The number of aromatic nitrogens is 1. The van der Waals surface area contributed by atoms with Gasteiger partial charge in [-0.05, 0) is 60.8 Å². The lowest BCUT2D eigenvalue weighted by molar-refractivity contribution is -0.115. The summed E-state index contributed by atoms with van der Waals surface area (Å²) in [6.07, 6.45) is 2.85. The molecular weight excluding hydrogens is 489 g/mol. The smallest absolute Gasteiger partial charge is 0.250 e. The molecular formula is C22H15Cl2N3O3S2. The predicted molar refractivity (Wildman–Crippen MR) is 134 cm³/mol. The molecule has 6 nitrogen and oxygen atoms in total. The molecule has 4 rings (SSSR count). The zero-order valence-corrected chi connectivity index (χ0v) is 19.7. The maximum absolute atomic E-state index is 12.2. The number of carbonyl (C=O) groups is 1. The lowest BCUT2D eigenvalue weighted by Crippen LogP contribution is -2.32. The van der Waals surface area contributed by atoms with Gasteiger partial charge >= 0.3 is 0 Å². The Morgan fingerprint density at radius 1 is 1.22 bits per heavy atom. The number of furan rings is 1. The van der Waals surface area contributed by atoms with Gasteiger partial charge in [0.2, 0.25) is 5.91 Å². The first-order chi connectivity index (χ1) is 15.4. The minimum Gasteiger partial charge on any atom is -0.497 e. The molecule has 0 saturated carbocycles. The van der Waals surface area contributed by atoms with E-state index in [9.17, 15) is 4.79 Å². The second kappa shape index (κ2) is 9.70. The van der Waals surface area contributed by atoms with Crippen LogP contribution in [0.2, 0.25) is 10.0 Å². The number of fused-ring (bicyclic) bond motifs is 1. The number of anilines is 1. The summed E-state index contributed by atoms with van der Waals surface area (Å²) in [5, 5.41) is 7.04.